The second kappa shape index (κ2) is 6.13. The summed E-state index contributed by atoms with van der Waals surface area (Å²) in [6.45, 7) is 3.24. The molecule has 5 nitrogen and oxygen atoms in total. The van der Waals surface area contributed by atoms with Crippen molar-refractivity contribution in [1.82, 2.24) is 19.8 Å². The van der Waals surface area contributed by atoms with Gasteiger partial charge in [0.2, 0.25) is 0 Å². The van der Waals surface area contributed by atoms with Gasteiger partial charge in [0.25, 0.3) is 0 Å². The molecular weight excluding hydrogens is 276 g/mol. The third-order valence-electron chi connectivity index (χ3n) is 3.12. The minimum absolute atomic E-state index is 0.0991. The molecule has 6 heteroatoms. The Labute approximate surface area is 123 Å². The summed E-state index contributed by atoms with van der Waals surface area (Å²) < 4.78 is 2.06. The zero-order valence-electron chi connectivity index (χ0n) is 12.0. The minimum Gasteiger partial charge on any atom is -0.336 e. The SMILES string of the molecule is Cc1ccc2nc(CCl)n(CCNC(=O)N(C)C)c2c1. The molecule has 2 rings (SSSR count). The van der Waals surface area contributed by atoms with Gasteiger partial charge in [-0.15, -0.1) is 11.6 Å². The van der Waals surface area contributed by atoms with Crippen molar-refractivity contribution in [3.8, 4) is 0 Å². The van der Waals surface area contributed by atoms with E-state index in [-0.39, 0.29) is 6.03 Å². The number of nitrogens with zero attached hydrogens (tertiary/aromatic N) is 3. The number of halogens is 1. The highest BCUT2D eigenvalue weighted by Crippen LogP contribution is 2.18. The molecule has 1 aromatic heterocycles. The van der Waals surface area contributed by atoms with Crippen LogP contribution in [0.25, 0.3) is 11.0 Å². The fraction of sp³-hybridized carbons (Fsp3) is 0.429. The Balaban J connectivity index is 2.19. The van der Waals surface area contributed by atoms with Crippen LogP contribution in [0.1, 0.15) is 11.4 Å². The summed E-state index contributed by atoms with van der Waals surface area (Å²) in [6, 6.07) is 6.02. The molecule has 1 heterocycles. The molecular formula is C14H19ClN4O. The number of rotatable bonds is 4. The molecule has 0 radical (unpaired) electrons. The second-order valence-electron chi connectivity index (χ2n) is 4.93. The van der Waals surface area contributed by atoms with Crippen molar-refractivity contribution in [3.05, 3.63) is 29.6 Å². The number of amides is 2. The van der Waals surface area contributed by atoms with Crippen molar-refractivity contribution in [1.29, 1.82) is 0 Å². The maximum Gasteiger partial charge on any atom is 0.316 e. The molecule has 0 unspecified atom stereocenters. The zero-order chi connectivity index (χ0) is 14.7. The molecule has 0 saturated heterocycles. The summed E-state index contributed by atoms with van der Waals surface area (Å²) in [6.07, 6.45) is 0. The van der Waals surface area contributed by atoms with Crippen LogP contribution in [-0.4, -0.2) is 41.1 Å². The molecule has 108 valence electrons. The van der Waals surface area contributed by atoms with Crippen molar-refractivity contribution in [3.63, 3.8) is 0 Å². The van der Waals surface area contributed by atoms with Crippen molar-refractivity contribution in [2.75, 3.05) is 20.6 Å². The van der Waals surface area contributed by atoms with Crippen molar-refractivity contribution in [2.45, 2.75) is 19.3 Å². The summed E-state index contributed by atoms with van der Waals surface area (Å²) >= 11 is 5.96. The van der Waals surface area contributed by atoms with E-state index in [4.69, 9.17) is 11.6 Å². The van der Waals surface area contributed by atoms with Crippen LogP contribution in [0.3, 0.4) is 0 Å². The molecule has 0 atom stereocenters. The molecule has 0 saturated carbocycles. The largest absolute Gasteiger partial charge is 0.336 e. The quantitative estimate of drug-likeness (QED) is 0.880. The van der Waals surface area contributed by atoms with Crippen LogP contribution in [-0.2, 0) is 12.4 Å². The smallest absolute Gasteiger partial charge is 0.316 e. The van der Waals surface area contributed by atoms with Crippen LogP contribution in [0.5, 0.6) is 0 Å². The molecule has 1 aromatic carbocycles. The Morgan fingerprint density at radius 2 is 2.20 bits per heavy atom. The average Bonchev–Trinajstić information content (AvgIpc) is 2.76. The van der Waals surface area contributed by atoms with E-state index in [9.17, 15) is 4.79 Å². The summed E-state index contributed by atoms with van der Waals surface area (Å²) in [4.78, 5) is 17.5. The van der Waals surface area contributed by atoms with Gasteiger partial charge in [-0.05, 0) is 24.6 Å². The van der Waals surface area contributed by atoms with E-state index in [2.05, 4.69) is 20.9 Å². The molecule has 0 aliphatic heterocycles. The lowest BCUT2D eigenvalue weighted by Gasteiger charge is -2.13. The predicted molar refractivity (Wildman–Crippen MR) is 81.1 cm³/mol. The number of alkyl halides is 1. The van der Waals surface area contributed by atoms with E-state index >= 15 is 0 Å². The van der Waals surface area contributed by atoms with Gasteiger partial charge >= 0.3 is 6.03 Å². The fourth-order valence-electron chi connectivity index (χ4n) is 2.07. The van der Waals surface area contributed by atoms with Crippen LogP contribution in [0, 0.1) is 6.92 Å². The Kier molecular flexibility index (Phi) is 4.49. The number of imidazole rings is 1. The van der Waals surface area contributed by atoms with Crippen LogP contribution < -0.4 is 5.32 Å². The van der Waals surface area contributed by atoms with Crippen LogP contribution in [0.15, 0.2) is 18.2 Å². The highest BCUT2D eigenvalue weighted by atomic mass is 35.5. The van der Waals surface area contributed by atoms with Crippen molar-refractivity contribution >= 4 is 28.7 Å². The number of aromatic nitrogens is 2. The first-order chi connectivity index (χ1) is 9.52. The van der Waals surface area contributed by atoms with Gasteiger partial charge in [-0.3, -0.25) is 0 Å². The lowest BCUT2D eigenvalue weighted by Crippen LogP contribution is -2.36. The Bertz CT molecular complexity index is 621. The highest BCUT2D eigenvalue weighted by molar-refractivity contribution is 6.16. The molecule has 0 bridgehead atoms. The van der Waals surface area contributed by atoms with Gasteiger partial charge in [0, 0.05) is 27.2 Å². The normalized spacial score (nSPS) is 10.8. The van der Waals surface area contributed by atoms with E-state index in [1.807, 2.05) is 19.1 Å². The number of hydrogen-bond donors (Lipinski definition) is 1. The molecule has 0 spiro atoms. The number of fused-ring (bicyclic) bond motifs is 1. The molecule has 0 aliphatic rings. The standard InChI is InChI=1S/C14H19ClN4O/c1-10-4-5-11-12(8-10)19(13(9-15)17-11)7-6-16-14(20)18(2)3/h4-5,8H,6-7,9H2,1-3H3,(H,16,20). The first-order valence-electron chi connectivity index (χ1n) is 6.50. The van der Waals surface area contributed by atoms with E-state index in [0.717, 1.165) is 16.9 Å². The summed E-state index contributed by atoms with van der Waals surface area (Å²) in [5.74, 6) is 1.18. The Morgan fingerprint density at radius 1 is 1.45 bits per heavy atom. The zero-order valence-corrected chi connectivity index (χ0v) is 12.7. The summed E-state index contributed by atoms with van der Waals surface area (Å²) in [7, 11) is 3.44. The Morgan fingerprint density at radius 3 is 2.85 bits per heavy atom. The van der Waals surface area contributed by atoms with Crippen molar-refractivity contribution < 1.29 is 4.79 Å². The lowest BCUT2D eigenvalue weighted by molar-refractivity contribution is 0.217. The van der Waals surface area contributed by atoms with Gasteiger partial charge in [-0.2, -0.15) is 0 Å². The third kappa shape index (κ3) is 3.04. The molecule has 20 heavy (non-hydrogen) atoms. The van der Waals surface area contributed by atoms with Crippen LogP contribution in [0.2, 0.25) is 0 Å². The molecule has 0 aliphatic carbocycles. The van der Waals surface area contributed by atoms with E-state index in [0.29, 0.717) is 19.0 Å². The van der Waals surface area contributed by atoms with Crippen molar-refractivity contribution in [2.24, 2.45) is 0 Å². The monoisotopic (exact) mass is 294 g/mol. The lowest BCUT2D eigenvalue weighted by atomic mass is 10.2. The van der Waals surface area contributed by atoms with E-state index < -0.39 is 0 Å². The van der Waals surface area contributed by atoms with E-state index in [1.54, 1.807) is 14.1 Å². The molecule has 2 amide bonds. The number of urea groups is 1. The van der Waals surface area contributed by atoms with Gasteiger partial charge in [-0.25, -0.2) is 9.78 Å². The number of nitrogens with one attached hydrogen (secondary N) is 1. The maximum atomic E-state index is 11.5. The number of aryl methyl sites for hydroxylation is 1. The summed E-state index contributed by atoms with van der Waals surface area (Å²) in [5.41, 5.74) is 3.17. The first-order valence-corrected chi connectivity index (χ1v) is 7.03. The topological polar surface area (TPSA) is 50.2 Å². The minimum atomic E-state index is -0.0991. The van der Waals surface area contributed by atoms with Gasteiger partial charge < -0.3 is 14.8 Å². The maximum absolute atomic E-state index is 11.5. The molecule has 2 aromatic rings. The predicted octanol–water partition coefficient (Wildman–Crippen LogP) is 2.35. The third-order valence-corrected chi connectivity index (χ3v) is 3.36. The van der Waals surface area contributed by atoms with Gasteiger partial charge in [0.15, 0.2) is 0 Å². The number of benzene rings is 1. The van der Waals surface area contributed by atoms with Gasteiger partial charge in [0.05, 0.1) is 16.9 Å². The van der Waals surface area contributed by atoms with Gasteiger partial charge in [0.1, 0.15) is 5.82 Å². The van der Waals surface area contributed by atoms with E-state index in [1.165, 1.54) is 10.5 Å². The number of carbonyl (C=O) groups is 1. The van der Waals surface area contributed by atoms with Gasteiger partial charge in [-0.1, -0.05) is 6.07 Å². The molecule has 0 fully saturated rings. The van der Waals surface area contributed by atoms with Crippen LogP contribution >= 0.6 is 11.6 Å². The first kappa shape index (κ1) is 14.7. The second-order valence-corrected chi connectivity index (χ2v) is 5.20. The Hall–Kier alpha value is -1.75. The number of carbonyl (C=O) groups excluding carboxylic acids is 1. The summed E-state index contributed by atoms with van der Waals surface area (Å²) in [5, 5.41) is 2.85. The van der Waals surface area contributed by atoms with Crippen LogP contribution in [0.4, 0.5) is 4.79 Å². The fourth-order valence-corrected chi connectivity index (χ4v) is 2.27. The highest BCUT2D eigenvalue weighted by Gasteiger charge is 2.10. The number of hydrogen-bond acceptors (Lipinski definition) is 2. The average molecular weight is 295 g/mol. The molecule has 1 N–H and O–H groups in total.